The summed E-state index contributed by atoms with van der Waals surface area (Å²) >= 11 is 1.60. The molecule has 0 radical (unpaired) electrons. The van der Waals surface area contributed by atoms with Crippen LogP contribution in [0.15, 0.2) is 11.1 Å². The molecule has 0 amide bonds. The zero-order chi connectivity index (χ0) is 14.9. The molecule has 0 fully saturated rings. The van der Waals surface area contributed by atoms with E-state index >= 15 is 0 Å². The molecule has 0 saturated heterocycles. The van der Waals surface area contributed by atoms with Gasteiger partial charge in [0, 0.05) is 17.5 Å². The molecule has 110 valence electrons. The lowest BCUT2D eigenvalue weighted by molar-refractivity contribution is 0.454. The van der Waals surface area contributed by atoms with Gasteiger partial charge >= 0.3 is 0 Å². The molecule has 1 N–H and O–H groups in total. The van der Waals surface area contributed by atoms with Crippen LogP contribution in [0.25, 0.3) is 10.2 Å². The van der Waals surface area contributed by atoms with Crippen molar-refractivity contribution in [2.45, 2.75) is 40.7 Å². The Balaban J connectivity index is 2.28. The zero-order valence-electron chi connectivity index (χ0n) is 12.9. The molecule has 20 heavy (non-hydrogen) atoms. The molecular weight excluding hydrogens is 270 g/mol. The van der Waals surface area contributed by atoms with Crippen LogP contribution in [0.1, 0.15) is 37.3 Å². The van der Waals surface area contributed by atoms with Crippen molar-refractivity contribution >= 4 is 21.6 Å². The van der Waals surface area contributed by atoms with E-state index in [1.165, 1.54) is 4.88 Å². The molecule has 0 aliphatic heterocycles. The molecule has 2 aromatic rings. The lowest BCUT2D eigenvalue weighted by Gasteiger charge is -2.16. The van der Waals surface area contributed by atoms with Gasteiger partial charge in [-0.25, -0.2) is 4.98 Å². The topological polar surface area (TPSA) is 46.9 Å². The van der Waals surface area contributed by atoms with Gasteiger partial charge in [-0.15, -0.1) is 11.3 Å². The minimum atomic E-state index is 0.0793. The van der Waals surface area contributed by atoms with E-state index in [0.717, 1.165) is 28.9 Å². The number of fused-ring (bicyclic) bond motifs is 1. The molecule has 1 unspecified atom stereocenters. The summed E-state index contributed by atoms with van der Waals surface area (Å²) in [5, 5.41) is 4.18. The maximum absolute atomic E-state index is 12.6. The van der Waals surface area contributed by atoms with Gasteiger partial charge in [0.1, 0.15) is 4.83 Å². The Hall–Kier alpha value is -1.20. The van der Waals surface area contributed by atoms with Crippen molar-refractivity contribution in [2.75, 3.05) is 13.1 Å². The summed E-state index contributed by atoms with van der Waals surface area (Å²) < 4.78 is 1.74. The number of hydrogen-bond acceptors (Lipinski definition) is 4. The maximum atomic E-state index is 12.6. The number of rotatable bonds is 5. The monoisotopic (exact) mass is 293 g/mol. The number of nitrogens with zero attached hydrogens (tertiary/aromatic N) is 2. The number of thiophene rings is 1. The van der Waals surface area contributed by atoms with Crippen molar-refractivity contribution in [3.05, 3.63) is 27.1 Å². The van der Waals surface area contributed by atoms with Gasteiger partial charge in [0.05, 0.1) is 11.7 Å². The van der Waals surface area contributed by atoms with Crippen molar-refractivity contribution in [1.29, 1.82) is 0 Å². The Morgan fingerprint density at radius 3 is 2.65 bits per heavy atom. The van der Waals surface area contributed by atoms with Gasteiger partial charge in [-0.1, -0.05) is 13.8 Å². The Kier molecular flexibility index (Phi) is 4.60. The van der Waals surface area contributed by atoms with Crippen LogP contribution in [0.3, 0.4) is 0 Å². The van der Waals surface area contributed by atoms with Gasteiger partial charge in [-0.05, 0) is 38.8 Å². The molecule has 5 heteroatoms. The first kappa shape index (κ1) is 15.2. The van der Waals surface area contributed by atoms with Crippen LogP contribution in [-0.2, 0) is 0 Å². The third-order valence-corrected chi connectivity index (χ3v) is 4.70. The minimum absolute atomic E-state index is 0.0793. The highest BCUT2D eigenvalue weighted by Crippen LogP contribution is 2.25. The van der Waals surface area contributed by atoms with Gasteiger partial charge in [-0.3, -0.25) is 9.36 Å². The van der Waals surface area contributed by atoms with Crippen LogP contribution in [-0.4, -0.2) is 22.6 Å². The normalized spacial score (nSPS) is 13.3. The third-order valence-electron chi connectivity index (χ3n) is 3.58. The molecule has 0 bridgehead atoms. The predicted octanol–water partition coefficient (Wildman–Crippen LogP) is 2.88. The van der Waals surface area contributed by atoms with E-state index in [9.17, 15) is 4.79 Å². The maximum Gasteiger partial charge on any atom is 0.262 e. The highest BCUT2D eigenvalue weighted by molar-refractivity contribution is 7.18. The molecule has 2 rings (SSSR count). The second-order valence-corrected chi connectivity index (χ2v) is 7.02. The summed E-state index contributed by atoms with van der Waals surface area (Å²) in [6, 6.07) is 0.109. The van der Waals surface area contributed by atoms with Crippen LogP contribution in [0, 0.1) is 19.8 Å². The summed E-state index contributed by atoms with van der Waals surface area (Å²) in [4.78, 5) is 19.1. The molecule has 0 aliphatic rings. The third kappa shape index (κ3) is 2.94. The average molecular weight is 293 g/mol. The smallest absolute Gasteiger partial charge is 0.262 e. The summed E-state index contributed by atoms with van der Waals surface area (Å²) in [5.41, 5.74) is 1.15. The predicted molar refractivity (Wildman–Crippen MR) is 85.8 cm³/mol. The lowest BCUT2D eigenvalue weighted by Crippen LogP contribution is -2.32. The van der Waals surface area contributed by atoms with E-state index in [2.05, 4.69) is 31.1 Å². The van der Waals surface area contributed by atoms with E-state index in [1.54, 1.807) is 22.2 Å². The molecule has 4 nitrogen and oxygen atoms in total. The number of nitrogens with one attached hydrogen (secondary N) is 1. The van der Waals surface area contributed by atoms with Crippen molar-refractivity contribution in [3.8, 4) is 0 Å². The van der Waals surface area contributed by atoms with Crippen molar-refractivity contribution in [2.24, 2.45) is 5.92 Å². The van der Waals surface area contributed by atoms with E-state index in [-0.39, 0.29) is 11.6 Å². The average Bonchev–Trinajstić information content (AvgIpc) is 2.65. The van der Waals surface area contributed by atoms with Crippen molar-refractivity contribution < 1.29 is 0 Å². The first-order valence-electron chi connectivity index (χ1n) is 7.09. The van der Waals surface area contributed by atoms with E-state index in [1.807, 2.05) is 13.8 Å². The summed E-state index contributed by atoms with van der Waals surface area (Å²) in [6.07, 6.45) is 1.68. The second kappa shape index (κ2) is 6.06. The Morgan fingerprint density at radius 2 is 2.00 bits per heavy atom. The number of aryl methyl sites for hydroxylation is 2. The summed E-state index contributed by atoms with van der Waals surface area (Å²) in [6.45, 7) is 12.2. The molecule has 2 aromatic heterocycles. The Morgan fingerprint density at radius 1 is 1.30 bits per heavy atom. The molecule has 0 saturated carbocycles. The summed E-state index contributed by atoms with van der Waals surface area (Å²) in [7, 11) is 0. The van der Waals surface area contributed by atoms with Crippen molar-refractivity contribution in [1.82, 2.24) is 14.9 Å². The molecule has 2 heterocycles. The fraction of sp³-hybridized carbons (Fsp3) is 0.600. The molecule has 0 aliphatic carbocycles. The minimum Gasteiger partial charge on any atom is -0.314 e. The molecular formula is C15H23N3OS. The van der Waals surface area contributed by atoms with E-state index in [4.69, 9.17) is 0 Å². The zero-order valence-corrected chi connectivity index (χ0v) is 13.7. The molecule has 1 atom stereocenters. The standard InChI is InChI=1S/C15H23N3OS/c1-9(2)6-16-7-10(3)18-8-17-14-13(15(18)19)11(4)12(5)20-14/h8-10,16H,6-7H2,1-5H3. The van der Waals surface area contributed by atoms with E-state index in [0.29, 0.717) is 5.92 Å². The van der Waals surface area contributed by atoms with Crippen LogP contribution in [0.5, 0.6) is 0 Å². The number of aromatic nitrogens is 2. The first-order chi connectivity index (χ1) is 9.41. The van der Waals surface area contributed by atoms with E-state index < -0.39 is 0 Å². The second-order valence-electron chi connectivity index (χ2n) is 5.82. The Bertz CT molecular complexity index is 657. The van der Waals surface area contributed by atoms with Gasteiger partial charge in [0.25, 0.3) is 5.56 Å². The largest absolute Gasteiger partial charge is 0.314 e. The summed E-state index contributed by atoms with van der Waals surface area (Å²) in [5.74, 6) is 0.612. The highest BCUT2D eigenvalue weighted by Gasteiger charge is 2.14. The van der Waals surface area contributed by atoms with Gasteiger partial charge in [-0.2, -0.15) is 0 Å². The fourth-order valence-corrected chi connectivity index (χ4v) is 3.23. The van der Waals surface area contributed by atoms with Gasteiger partial charge in [0.15, 0.2) is 0 Å². The van der Waals surface area contributed by atoms with Crippen LogP contribution < -0.4 is 10.9 Å². The van der Waals surface area contributed by atoms with Crippen LogP contribution in [0.2, 0.25) is 0 Å². The SMILES string of the molecule is Cc1sc2ncn(C(C)CNCC(C)C)c(=O)c2c1C. The molecule has 0 spiro atoms. The Labute approximate surface area is 123 Å². The lowest BCUT2D eigenvalue weighted by atomic mass is 10.2. The van der Waals surface area contributed by atoms with Crippen LogP contribution in [0.4, 0.5) is 0 Å². The van der Waals surface area contributed by atoms with Gasteiger partial charge in [0.2, 0.25) is 0 Å². The van der Waals surface area contributed by atoms with Crippen molar-refractivity contribution in [3.63, 3.8) is 0 Å². The number of hydrogen-bond donors (Lipinski definition) is 1. The quantitative estimate of drug-likeness (QED) is 0.922. The first-order valence-corrected chi connectivity index (χ1v) is 7.91. The molecule has 0 aromatic carbocycles. The highest BCUT2D eigenvalue weighted by atomic mass is 32.1. The van der Waals surface area contributed by atoms with Crippen LogP contribution >= 0.6 is 11.3 Å². The van der Waals surface area contributed by atoms with Gasteiger partial charge < -0.3 is 5.32 Å². The fourth-order valence-electron chi connectivity index (χ4n) is 2.24.